The van der Waals surface area contributed by atoms with Crippen LogP contribution in [0, 0.1) is 11.2 Å². The molecule has 6 heteroatoms. The van der Waals surface area contributed by atoms with Gasteiger partial charge in [0.05, 0.1) is 4.90 Å². The first-order valence-corrected chi connectivity index (χ1v) is 7.13. The third-order valence-corrected chi connectivity index (χ3v) is 3.85. The molecule has 0 heterocycles. The molecule has 18 heavy (non-hydrogen) atoms. The Hall–Kier alpha value is -0.980. The number of hydrogen-bond donors (Lipinski definition) is 2. The smallest absolute Gasteiger partial charge is 0.241 e. The van der Waals surface area contributed by atoms with Crippen molar-refractivity contribution in [3.05, 3.63) is 29.6 Å². The van der Waals surface area contributed by atoms with Crippen molar-refractivity contribution in [1.29, 1.82) is 0 Å². The van der Waals surface area contributed by atoms with Gasteiger partial charge in [-0.05, 0) is 17.5 Å². The molecule has 0 aliphatic rings. The predicted molar refractivity (Wildman–Crippen MR) is 68.9 cm³/mol. The molecule has 102 valence electrons. The fourth-order valence-corrected chi connectivity index (χ4v) is 2.92. The molecule has 0 aliphatic carbocycles. The number of benzene rings is 1. The van der Waals surface area contributed by atoms with Crippen LogP contribution in [0.5, 0.6) is 0 Å². The molecule has 3 N–H and O–H groups in total. The van der Waals surface area contributed by atoms with Crippen molar-refractivity contribution in [2.75, 3.05) is 6.54 Å². The lowest BCUT2D eigenvalue weighted by atomic mass is 9.98. The Morgan fingerprint density at radius 3 is 2.44 bits per heavy atom. The van der Waals surface area contributed by atoms with E-state index in [0.717, 1.165) is 0 Å². The number of hydrogen-bond acceptors (Lipinski definition) is 3. The molecule has 0 aliphatic heterocycles. The zero-order valence-corrected chi connectivity index (χ0v) is 11.6. The first-order chi connectivity index (χ1) is 8.17. The van der Waals surface area contributed by atoms with Crippen LogP contribution in [0.25, 0.3) is 0 Å². The summed E-state index contributed by atoms with van der Waals surface area (Å²) in [5.74, 6) is -0.601. The van der Waals surface area contributed by atoms with Crippen LogP contribution in [0.15, 0.2) is 23.1 Å². The van der Waals surface area contributed by atoms with Gasteiger partial charge in [0.2, 0.25) is 10.0 Å². The number of nitrogens with one attached hydrogen (secondary N) is 1. The van der Waals surface area contributed by atoms with Gasteiger partial charge in [-0.2, -0.15) is 0 Å². The van der Waals surface area contributed by atoms with Gasteiger partial charge < -0.3 is 5.73 Å². The van der Waals surface area contributed by atoms with E-state index in [-0.39, 0.29) is 29.0 Å². The minimum absolute atomic E-state index is 0.0129. The molecule has 0 aromatic heterocycles. The standard InChI is InChI=1S/C12H19FN2O2S/c1-12(2,3)8-15-18(16,17)11-6-4-5-10(13)9(11)7-14/h4-6,15H,7-8,14H2,1-3H3. The molecular formula is C12H19FN2O2S. The number of halogens is 1. The lowest BCUT2D eigenvalue weighted by Gasteiger charge is -2.19. The Morgan fingerprint density at radius 1 is 1.33 bits per heavy atom. The first kappa shape index (κ1) is 15.1. The van der Waals surface area contributed by atoms with Crippen LogP contribution in [0.4, 0.5) is 4.39 Å². The normalized spacial score (nSPS) is 12.7. The van der Waals surface area contributed by atoms with E-state index in [1.807, 2.05) is 20.8 Å². The van der Waals surface area contributed by atoms with E-state index in [1.54, 1.807) is 0 Å². The van der Waals surface area contributed by atoms with Gasteiger partial charge >= 0.3 is 0 Å². The molecule has 0 saturated carbocycles. The molecule has 0 saturated heterocycles. The molecule has 4 nitrogen and oxygen atoms in total. The summed E-state index contributed by atoms with van der Waals surface area (Å²) in [6, 6.07) is 3.92. The lowest BCUT2D eigenvalue weighted by molar-refractivity contribution is 0.407. The molecule has 0 amide bonds. The van der Waals surface area contributed by atoms with Crippen molar-refractivity contribution in [2.24, 2.45) is 11.1 Å². The molecule has 0 fully saturated rings. The molecule has 0 unspecified atom stereocenters. The molecule has 1 aromatic carbocycles. The second kappa shape index (κ2) is 5.34. The van der Waals surface area contributed by atoms with Crippen molar-refractivity contribution in [1.82, 2.24) is 4.72 Å². The van der Waals surface area contributed by atoms with Crippen LogP contribution in [-0.4, -0.2) is 15.0 Å². The molecule has 0 radical (unpaired) electrons. The van der Waals surface area contributed by atoms with Gasteiger partial charge in [0.15, 0.2) is 0 Å². The lowest BCUT2D eigenvalue weighted by Crippen LogP contribution is -2.33. The van der Waals surface area contributed by atoms with Gasteiger partial charge in [0.25, 0.3) is 0 Å². The third kappa shape index (κ3) is 3.76. The third-order valence-electron chi connectivity index (χ3n) is 2.36. The Labute approximate surface area is 107 Å². The summed E-state index contributed by atoms with van der Waals surface area (Å²) in [6.07, 6.45) is 0. The van der Waals surface area contributed by atoms with E-state index >= 15 is 0 Å². The monoisotopic (exact) mass is 274 g/mol. The highest BCUT2D eigenvalue weighted by Gasteiger charge is 2.22. The van der Waals surface area contributed by atoms with Crippen LogP contribution >= 0.6 is 0 Å². The fraction of sp³-hybridized carbons (Fsp3) is 0.500. The van der Waals surface area contributed by atoms with E-state index in [4.69, 9.17) is 5.73 Å². The number of nitrogens with two attached hydrogens (primary N) is 1. The van der Waals surface area contributed by atoms with Crippen molar-refractivity contribution >= 4 is 10.0 Å². The van der Waals surface area contributed by atoms with Gasteiger partial charge in [0, 0.05) is 18.7 Å². The Balaban J connectivity index is 3.10. The van der Waals surface area contributed by atoms with Gasteiger partial charge in [0.1, 0.15) is 5.82 Å². The van der Waals surface area contributed by atoms with Crippen molar-refractivity contribution in [2.45, 2.75) is 32.2 Å². The zero-order chi connectivity index (χ0) is 14.0. The van der Waals surface area contributed by atoms with Gasteiger partial charge in [-0.15, -0.1) is 0 Å². The summed E-state index contributed by atoms with van der Waals surface area (Å²) in [6.45, 7) is 5.84. The van der Waals surface area contributed by atoms with E-state index in [9.17, 15) is 12.8 Å². The summed E-state index contributed by atoms with van der Waals surface area (Å²) < 4.78 is 40.1. The Morgan fingerprint density at radius 2 is 1.94 bits per heavy atom. The second-order valence-electron chi connectivity index (χ2n) is 5.31. The highest BCUT2D eigenvalue weighted by atomic mass is 32.2. The zero-order valence-electron chi connectivity index (χ0n) is 10.8. The average molecular weight is 274 g/mol. The maximum Gasteiger partial charge on any atom is 0.241 e. The summed E-state index contributed by atoms with van der Waals surface area (Å²) in [4.78, 5) is -0.0887. The van der Waals surface area contributed by atoms with E-state index in [0.29, 0.717) is 0 Å². The summed E-state index contributed by atoms with van der Waals surface area (Å²) >= 11 is 0. The summed E-state index contributed by atoms with van der Waals surface area (Å²) in [5, 5.41) is 0. The maximum atomic E-state index is 13.5. The van der Waals surface area contributed by atoms with Gasteiger partial charge in [-0.25, -0.2) is 17.5 Å². The van der Waals surface area contributed by atoms with Crippen molar-refractivity contribution in [3.8, 4) is 0 Å². The van der Waals surface area contributed by atoms with Crippen LogP contribution in [0.3, 0.4) is 0 Å². The minimum Gasteiger partial charge on any atom is -0.326 e. The van der Waals surface area contributed by atoms with Gasteiger partial charge in [-0.1, -0.05) is 26.8 Å². The van der Waals surface area contributed by atoms with E-state index in [2.05, 4.69) is 4.72 Å². The SMILES string of the molecule is CC(C)(C)CNS(=O)(=O)c1cccc(F)c1CN. The Bertz CT molecular complexity index is 521. The van der Waals surface area contributed by atoms with Crippen molar-refractivity contribution in [3.63, 3.8) is 0 Å². The topological polar surface area (TPSA) is 72.2 Å². The Kier molecular flexibility index (Phi) is 4.47. The highest BCUT2D eigenvalue weighted by molar-refractivity contribution is 7.89. The first-order valence-electron chi connectivity index (χ1n) is 5.64. The van der Waals surface area contributed by atoms with Crippen LogP contribution in [0.2, 0.25) is 0 Å². The quantitative estimate of drug-likeness (QED) is 0.876. The number of sulfonamides is 1. The molecule has 1 rings (SSSR count). The van der Waals surface area contributed by atoms with Crippen LogP contribution in [0.1, 0.15) is 26.3 Å². The highest BCUT2D eigenvalue weighted by Crippen LogP contribution is 2.19. The summed E-state index contributed by atoms with van der Waals surface area (Å²) in [7, 11) is -3.73. The van der Waals surface area contributed by atoms with Crippen LogP contribution < -0.4 is 10.5 Å². The van der Waals surface area contributed by atoms with E-state index < -0.39 is 15.8 Å². The van der Waals surface area contributed by atoms with Gasteiger partial charge in [-0.3, -0.25) is 0 Å². The second-order valence-corrected chi connectivity index (χ2v) is 7.04. The summed E-state index contributed by atoms with van der Waals surface area (Å²) in [5.41, 5.74) is 5.22. The predicted octanol–water partition coefficient (Wildman–Crippen LogP) is 1.61. The van der Waals surface area contributed by atoms with Crippen molar-refractivity contribution < 1.29 is 12.8 Å². The maximum absolute atomic E-state index is 13.5. The number of rotatable bonds is 4. The molecule has 0 spiro atoms. The average Bonchev–Trinajstić information content (AvgIpc) is 2.25. The minimum atomic E-state index is -3.73. The molecule has 0 atom stereocenters. The van der Waals surface area contributed by atoms with Crippen LogP contribution in [-0.2, 0) is 16.6 Å². The fourth-order valence-electron chi connectivity index (χ4n) is 1.38. The van der Waals surface area contributed by atoms with E-state index in [1.165, 1.54) is 18.2 Å². The molecule has 1 aromatic rings. The largest absolute Gasteiger partial charge is 0.326 e. The molecule has 0 bridgehead atoms. The molecular weight excluding hydrogens is 255 g/mol.